The van der Waals surface area contributed by atoms with Crippen LogP contribution in [0.4, 0.5) is 8.78 Å². The molecule has 0 aliphatic carbocycles. The molecule has 0 radical (unpaired) electrons. The van der Waals surface area contributed by atoms with E-state index in [0.29, 0.717) is 5.75 Å². The Morgan fingerprint density at radius 1 is 1.08 bits per heavy atom. The van der Waals surface area contributed by atoms with Gasteiger partial charge in [-0.05, 0) is 42.7 Å². The summed E-state index contributed by atoms with van der Waals surface area (Å²) in [5.41, 5.74) is 1.88. The lowest BCUT2D eigenvalue weighted by Gasteiger charge is -2.18. The van der Waals surface area contributed by atoms with Crippen LogP contribution < -0.4 is 15.4 Å². The average Bonchev–Trinajstić information content (AvgIpc) is 2.61. The molecule has 26 heavy (non-hydrogen) atoms. The summed E-state index contributed by atoms with van der Waals surface area (Å²) in [5.74, 6) is -2.67. The minimum atomic E-state index is -1.16. The Labute approximate surface area is 150 Å². The zero-order chi connectivity index (χ0) is 19.3. The third-order valence-electron chi connectivity index (χ3n) is 3.85. The van der Waals surface area contributed by atoms with Crippen molar-refractivity contribution >= 4 is 11.8 Å². The number of aryl methyl sites for hydroxylation is 2. The van der Waals surface area contributed by atoms with E-state index in [9.17, 15) is 18.4 Å². The molecule has 2 N–H and O–H groups in total. The van der Waals surface area contributed by atoms with Crippen LogP contribution in [-0.4, -0.2) is 25.5 Å². The first kappa shape index (κ1) is 19.4. The number of benzene rings is 2. The van der Waals surface area contributed by atoms with Crippen molar-refractivity contribution in [3.63, 3.8) is 0 Å². The van der Waals surface area contributed by atoms with E-state index in [-0.39, 0.29) is 12.2 Å². The first-order chi connectivity index (χ1) is 12.3. The van der Waals surface area contributed by atoms with Crippen molar-refractivity contribution in [2.75, 3.05) is 13.7 Å². The van der Waals surface area contributed by atoms with E-state index in [1.54, 1.807) is 0 Å². The monoisotopic (exact) mass is 362 g/mol. The van der Waals surface area contributed by atoms with E-state index < -0.39 is 29.5 Å². The number of rotatable bonds is 6. The van der Waals surface area contributed by atoms with Gasteiger partial charge >= 0.3 is 0 Å². The van der Waals surface area contributed by atoms with Gasteiger partial charge in [0, 0.05) is 7.05 Å². The van der Waals surface area contributed by atoms with Crippen molar-refractivity contribution in [2.45, 2.75) is 19.9 Å². The van der Waals surface area contributed by atoms with Crippen molar-refractivity contribution in [3.8, 4) is 5.75 Å². The molecule has 0 aromatic heterocycles. The largest absolute Gasteiger partial charge is 0.483 e. The number of carbonyl (C=O) groups is 2. The van der Waals surface area contributed by atoms with Gasteiger partial charge in [-0.1, -0.05) is 24.3 Å². The highest BCUT2D eigenvalue weighted by Crippen LogP contribution is 2.22. The third-order valence-corrected chi connectivity index (χ3v) is 3.85. The molecule has 0 saturated heterocycles. The molecule has 0 bridgehead atoms. The fourth-order valence-electron chi connectivity index (χ4n) is 2.50. The highest BCUT2D eigenvalue weighted by atomic mass is 19.2. The Morgan fingerprint density at radius 2 is 1.73 bits per heavy atom. The number of carbonyl (C=O) groups excluding carboxylic acids is 2. The van der Waals surface area contributed by atoms with Crippen LogP contribution in [0.2, 0.25) is 0 Å². The second kappa shape index (κ2) is 8.42. The van der Waals surface area contributed by atoms with Gasteiger partial charge in [-0.2, -0.15) is 0 Å². The second-order valence-electron chi connectivity index (χ2n) is 5.80. The van der Waals surface area contributed by atoms with Gasteiger partial charge in [0.25, 0.3) is 5.91 Å². The van der Waals surface area contributed by atoms with Crippen molar-refractivity contribution < 1.29 is 23.1 Å². The summed E-state index contributed by atoms with van der Waals surface area (Å²) in [5, 5.41) is 4.86. The standard InChI is InChI=1S/C19H20F2N2O3/c1-11-5-4-6-12(2)18(11)26-10-16(24)23-17(19(25)22-3)13-7-8-14(20)15(21)9-13/h4-9,17H,10H2,1-3H3,(H,22,25)(H,23,24). The molecule has 0 fully saturated rings. The van der Waals surface area contributed by atoms with Crippen molar-refractivity contribution in [1.82, 2.24) is 10.6 Å². The lowest BCUT2D eigenvalue weighted by Crippen LogP contribution is -2.41. The minimum absolute atomic E-state index is 0.128. The molecule has 2 aromatic carbocycles. The van der Waals surface area contributed by atoms with Gasteiger partial charge in [-0.25, -0.2) is 8.78 Å². The van der Waals surface area contributed by atoms with Gasteiger partial charge in [0.05, 0.1) is 0 Å². The van der Waals surface area contributed by atoms with E-state index in [1.807, 2.05) is 32.0 Å². The normalized spacial score (nSPS) is 11.6. The van der Waals surface area contributed by atoms with Gasteiger partial charge in [-0.3, -0.25) is 9.59 Å². The Morgan fingerprint density at radius 3 is 2.31 bits per heavy atom. The average molecular weight is 362 g/mol. The van der Waals surface area contributed by atoms with Gasteiger partial charge in [0.1, 0.15) is 11.8 Å². The molecule has 5 nitrogen and oxygen atoms in total. The predicted molar refractivity (Wildman–Crippen MR) is 92.7 cm³/mol. The van der Waals surface area contributed by atoms with Crippen LogP contribution in [-0.2, 0) is 9.59 Å². The number of ether oxygens (including phenoxy) is 1. The second-order valence-corrected chi connectivity index (χ2v) is 5.80. The molecule has 1 unspecified atom stereocenters. The molecule has 138 valence electrons. The number of hydrogen-bond acceptors (Lipinski definition) is 3. The SMILES string of the molecule is CNC(=O)C(NC(=O)COc1c(C)cccc1C)c1ccc(F)c(F)c1. The summed E-state index contributed by atoms with van der Waals surface area (Å²) in [7, 11) is 1.38. The number of likely N-dealkylation sites (N-methyl/N-ethyl adjacent to an activating group) is 1. The molecular weight excluding hydrogens is 342 g/mol. The van der Waals surface area contributed by atoms with Crippen LogP contribution in [0.15, 0.2) is 36.4 Å². The van der Waals surface area contributed by atoms with E-state index in [2.05, 4.69) is 10.6 Å². The molecule has 0 spiro atoms. The molecule has 0 heterocycles. The molecule has 1 atom stereocenters. The first-order valence-corrected chi connectivity index (χ1v) is 7.98. The molecular formula is C19H20F2N2O3. The Balaban J connectivity index is 2.11. The molecule has 0 aliphatic heterocycles. The number of amides is 2. The van der Waals surface area contributed by atoms with Crippen LogP contribution in [0.3, 0.4) is 0 Å². The smallest absolute Gasteiger partial charge is 0.258 e. The summed E-state index contributed by atoms with van der Waals surface area (Å²) >= 11 is 0. The Hall–Kier alpha value is -2.96. The Kier molecular flexibility index (Phi) is 6.27. The summed E-state index contributed by atoms with van der Waals surface area (Å²) in [6.07, 6.45) is 0. The maximum absolute atomic E-state index is 13.5. The van der Waals surface area contributed by atoms with Gasteiger partial charge in [0.2, 0.25) is 5.91 Å². The molecule has 2 amide bonds. The quantitative estimate of drug-likeness (QED) is 0.830. The zero-order valence-corrected chi connectivity index (χ0v) is 14.7. The lowest BCUT2D eigenvalue weighted by molar-refractivity contribution is -0.129. The number of para-hydroxylation sites is 1. The summed E-state index contributed by atoms with van der Waals surface area (Å²) in [4.78, 5) is 24.3. The van der Waals surface area contributed by atoms with Gasteiger partial charge < -0.3 is 15.4 Å². The molecule has 2 aromatic rings. The third kappa shape index (κ3) is 4.56. The topological polar surface area (TPSA) is 67.4 Å². The highest BCUT2D eigenvalue weighted by molar-refractivity contribution is 5.89. The Bertz CT molecular complexity index is 804. The fourth-order valence-corrected chi connectivity index (χ4v) is 2.50. The number of halogens is 2. The minimum Gasteiger partial charge on any atom is -0.483 e. The van der Waals surface area contributed by atoms with Crippen LogP contribution in [0.25, 0.3) is 0 Å². The van der Waals surface area contributed by atoms with Gasteiger partial charge in [-0.15, -0.1) is 0 Å². The fraction of sp³-hybridized carbons (Fsp3) is 0.263. The van der Waals surface area contributed by atoms with Crippen LogP contribution >= 0.6 is 0 Å². The maximum Gasteiger partial charge on any atom is 0.258 e. The highest BCUT2D eigenvalue weighted by Gasteiger charge is 2.23. The summed E-state index contributed by atoms with van der Waals surface area (Å²) < 4.78 is 32.1. The molecule has 2 rings (SSSR count). The van der Waals surface area contributed by atoms with E-state index in [0.717, 1.165) is 23.3 Å². The summed E-state index contributed by atoms with van der Waals surface area (Å²) in [6, 6.07) is 7.45. The van der Waals surface area contributed by atoms with Crippen molar-refractivity contribution in [3.05, 3.63) is 64.7 Å². The maximum atomic E-state index is 13.5. The van der Waals surface area contributed by atoms with Gasteiger partial charge in [0.15, 0.2) is 18.2 Å². The number of nitrogens with one attached hydrogen (secondary N) is 2. The molecule has 0 aliphatic rings. The van der Waals surface area contributed by atoms with Crippen LogP contribution in [0, 0.1) is 25.5 Å². The summed E-state index contributed by atoms with van der Waals surface area (Å²) in [6.45, 7) is 3.40. The van der Waals surface area contributed by atoms with Crippen molar-refractivity contribution in [1.29, 1.82) is 0 Å². The van der Waals surface area contributed by atoms with Crippen LogP contribution in [0.5, 0.6) is 5.75 Å². The zero-order valence-electron chi connectivity index (χ0n) is 14.7. The first-order valence-electron chi connectivity index (χ1n) is 7.98. The number of hydrogen-bond donors (Lipinski definition) is 2. The predicted octanol–water partition coefficient (Wildman–Crippen LogP) is 2.56. The van der Waals surface area contributed by atoms with Crippen LogP contribution in [0.1, 0.15) is 22.7 Å². The molecule has 7 heteroatoms. The van der Waals surface area contributed by atoms with E-state index >= 15 is 0 Å². The lowest BCUT2D eigenvalue weighted by atomic mass is 10.1. The van der Waals surface area contributed by atoms with E-state index in [1.165, 1.54) is 13.1 Å². The van der Waals surface area contributed by atoms with Crippen molar-refractivity contribution in [2.24, 2.45) is 0 Å². The van der Waals surface area contributed by atoms with E-state index in [4.69, 9.17) is 4.74 Å². The molecule has 0 saturated carbocycles.